The van der Waals surface area contributed by atoms with Gasteiger partial charge in [-0.3, -0.25) is 0 Å². The maximum Gasteiger partial charge on any atom is 0.123 e. The van der Waals surface area contributed by atoms with Crippen LogP contribution in [0.25, 0.3) is 11.3 Å². The van der Waals surface area contributed by atoms with Gasteiger partial charge in [0.1, 0.15) is 5.82 Å². The molecule has 0 saturated heterocycles. The van der Waals surface area contributed by atoms with Gasteiger partial charge < -0.3 is 10.7 Å². The van der Waals surface area contributed by atoms with E-state index >= 15 is 0 Å². The highest BCUT2D eigenvalue weighted by molar-refractivity contribution is 5.85. The van der Waals surface area contributed by atoms with Crippen molar-refractivity contribution in [3.63, 3.8) is 0 Å². The number of nitrogens with zero attached hydrogens (tertiary/aromatic N) is 1. The molecule has 0 fully saturated rings. The number of H-pyrrole nitrogens is 1. The fraction of sp³-hybridized carbons (Fsp3) is 0.182. The van der Waals surface area contributed by atoms with E-state index in [1.165, 1.54) is 0 Å². The summed E-state index contributed by atoms with van der Waals surface area (Å²) in [5, 5.41) is 0. The van der Waals surface area contributed by atoms with Crippen molar-refractivity contribution in [3.8, 4) is 11.3 Å². The highest BCUT2D eigenvalue weighted by Crippen LogP contribution is 2.17. The minimum atomic E-state index is -0.0486. The standard InChI is InChI=1S/C11H13N3.ClH/c1-8(12)11-13-7-10(14-11)9-5-3-2-4-6-9;/h2-8H,12H2,1H3,(H,13,14);1H/t8-;/m0./s1. The van der Waals surface area contributed by atoms with E-state index in [2.05, 4.69) is 9.97 Å². The van der Waals surface area contributed by atoms with Gasteiger partial charge in [0.25, 0.3) is 0 Å². The molecule has 1 atom stereocenters. The minimum Gasteiger partial charge on any atom is -0.341 e. The Bertz CT molecular complexity index is 409. The molecule has 3 N–H and O–H groups in total. The predicted octanol–water partition coefficient (Wildman–Crippen LogP) is 2.52. The zero-order valence-corrected chi connectivity index (χ0v) is 9.29. The second kappa shape index (κ2) is 4.96. The van der Waals surface area contributed by atoms with Gasteiger partial charge in [-0.05, 0) is 12.5 Å². The second-order valence-electron chi connectivity index (χ2n) is 3.34. The van der Waals surface area contributed by atoms with Crippen molar-refractivity contribution in [1.29, 1.82) is 0 Å². The van der Waals surface area contributed by atoms with Crippen LogP contribution in [0.3, 0.4) is 0 Å². The number of benzene rings is 1. The normalized spacial score (nSPS) is 11.9. The summed E-state index contributed by atoms with van der Waals surface area (Å²) in [6.45, 7) is 1.91. The van der Waals surface area contributed by atoms with E-state index in [0.29, 0.717) is 0 Å². The van der Waals surface area contributed by atoms with Gasteiger partial charge in [0, 0.05) is 0 Å². The molecular weight excluding hydrogens is 210 g/mol. The van der Waals surface area contributed by atoms with Crippen LogP contribution in [0.1, 0.15) is 18.8 Å². The Morgan fingerprint density at radius 3 is 2.47 bits per heavy atom. The van der Waals surface area contributed by atoms with Crippen LogP contribution in [-0.2, 0) is 0 Å². The topological polar surface area (TPSA) is 54.7 Å². The van der Waals surface area contributed by atoms with Crippen LogP contribution in [0.15, 0.2) is 36.5 Å². The molecule has 0 amide bonds. The largest absolute Gasteiger partial charge is 0.341 e. The lowest BCUT2D eigenvalue weighted by atomic mass is 10.2. The van der Waals surface area contributed by atoms with Gasteiger partial charge in [-0.15, -0.1) is 12.4 Å². The monoisotopic (exact) mass is 223 g/mol. The van der Waals surface area contributed by atoms with Crippen molar-refractivity contribution >= 4 is 12.4 Å². The number of nitrogens with one attached hydrogen (secondary N) is 1. The number of aromatic amines is 1. The summed E-state index contributed by atoms with van der Waals surface area (Å²) in [4.78, 5) is 7.40. The number of halogens is 1. The Morgan fingerprint density at radius 2 is 1.93 bits per heavy atom. The molecule has 2 aromatic rings. The van der Waals surface area contributed by atoms with Gasteiger partial charge in [-0.25, -0.2) is 4.98 Å². The van der Waals surface area contributed by atoms with Crippen molar-refractivity contribution in [1.82, 2.24) is 9.97 Å². The molecule has 0 unspecified atom stereocenters. The lowest BCUT2D eigenvalue weighted by molar-refractivity contribution is 0.756. The van der Waals surface area contributed by atoms with E-state index in [0.717, 1.165) is 17.1 Å². The van der Waals surface area contributed by atoms with Crippen LogP contribution in [0.5, 0.6) is 0 Å². The summed E-state index contributed by atoms with van der Waals surface area (Å²) in [5.41, 5.74) is 7.85. The number of nitrogens with two attached hydrogens (primary N) is 1. The SMILES string of the molecule is C[C@H](N)c1ncc(-c2ccccc2)[nH]1.Cl. The zero-order chi connectivity index (χ0) is 9.97. The molecule has 4 heteroatoms. The summed E-state index contributed by atoms with van der Waals surface area (Å²) in [6, 6.07) is 10.0. The van der Waals surface area contributed by atoms with Crippen molar-refractivity contribution in [3.05, 3.63) is 42.4 Å². The van der Waals surface area contributed by atoms with E-state index in [4.69, 9.17) is 5.73 Å². The molecule has 0 saturated carbocycles. The minimum absolute atomic E-state index is 0. The van der Waals surface area contributed by atoms with Gasteiger partial charge in [-0.2, -0.15) is 0 Å². The van der Waals surface area contributed by atoms with Gasteiger partial charge in [0.05, 0.1) is 17.9 Å². The summed E-state index contributed by atoms with van der Waals surface area (Å²) < 4.78 is 0. The lowest BCUT2D eigenvalue weighted by Gasteiger charge is -1.99. The molecular formula is C11H14ClN3. The molecule has 0 aliphatic heterocycles. The van der Waals surface area contributed by atoms with E-state index in [1.807, 2.05) is 43.5 Å². The molecule has 3 nitrogen and oxygen atoms in total. The number of imidazole rings is 1. The third-order valence-corrected chi connectivity index (χ3v) is 2.11. The quantitative estimate of drug-likeness (QED) is 0.822. The van der Waals surface area contributed by atoms with Crippen molar-refractivity contribution < 1.29 is 0 Å². The maximum atomic E-state index is 5.71. The molecule has 1 aromatic heterocycles. The van der Waals surface area contributed by atoms with Crippen molar-refractivity contribution in [2.45, 2.75) is 13.0 Å². The lowest BCUT2D eigenvalue weighted by Crippen LogP contribution is -2.06. The Balaban J connectivity index is 0.00000112. The van der Waals surface area contributed by atoms with E-state index in [9.17, 15) is 0 Å². The number of hydrogen-bond acceptors (Lipinski definition) is 2. The first-order valence-electron chi connectivity index (χ1n) is 4.63. The molecule has 0 bridgehead atoms. The maximum absolute atomic E-state index is 5.71. The first-order chi connectivity index (χ1) is 6.77. The van der Waals surface area contributed by atoms with E-state index in [-0.39, 0.29) is 18.4 Å². The fourth-order valence-electron chi connectivity index (χ4n) is 1.33. The molecule has 0 radical (unpaired) electrons. The van der Waals surface area contributed by atoms with E-state index in [1.54, 1.807) is 0 Å². The highest BCUT2D eigenvalue weighted by Gasteiger charge is 2.05. The fourth-order valence-corrected chi connectivity index (χ4v) is 1.33. The molecule has 0 aliphatic carbocycles. The molecule has 0 spiro atoms. The summed E-state index contributed by atoms with van der Waals surface area (Å²) >= 11 is 0. The average molecular weight is 224 g/mol. The Labute approximate surface area is 95.1 Å². The van der Waals surface area contributed by atoms with Crippen LogP contribution >= 0.6 is 12.4 Å². The summed E-state index contributed by atoms with van der Waals surface area (Å²) in [5.74, 6) is 0.823. The highest BCUT2D eigenvalue weighted by atomic mass is 35.5. The third kappa shape index (κ3) is 2.58. The van der Waals surface area contributed by atoms with Gasteiger partial charge in [-0.1, -0.05) is 30.3 Å². The molecule has 2 rings (SSSR count). The van der Waals surface area contributed by atoms with E-state index < -0.39 is 0 Å². The molecule has 0 aliphatic rings. The van der Waals surface area contributed by atoms with Crippen LogP contribution < -0.4 is 5.73 Å². The molecule has 1 heterocycles. The Hall–Kier alpha value is -1.32. The third-order valence-electron chi connectivity index (χ3n) is 2.11. The van der Waals surface area contributed by atoms with Crippen molar-refractivity contribution in [2.24, 2.45) is 5.73 Å². The number of rotatable bonds is 2. The van der Waals surface area contributed by atoms with Crippen LogP contribution in [-0.4, -0.2) is 9.97 Å². The van der Waals surface area contributed by atoms with Crippen molar-refractivity contribution in [2.75, 3.05) is 0 Å². The molecule has 80 valence electrons. The summed E-state index contributed by atoms with van der Waals surface area (Å²) in [6.07, 6.45) is 1.81. The zero-order valence-electron chi connectivity index (χ0n) is 8.47. The second-order valence-corrected chi connectivity index (χ2v) is 3.34. The van der Waals surface area contributed by atoms with Gasteiger partial charge in [0.2, 0.25) is 0 Å². The van der Waals surface area contributed by atoms with Crippen LogP contribution in [0.2, 0.25) is 0 Å². The van der Waals surface area contributed by atoms with Gasteiger partial charge >= 0.3 is 0 Å². The predicted molar refractivity (Wildman–Crippen MR) is 63.9 cm³/mol. The first kappa shape index (κ1) is 11.8. The van der Waals surface area contributed by atoms with Crippen LogP contribution in [0.4, 0.5) is 0 Å². The average Bonchev–Trinajstić information content (AvgIpc) is 2.68. The van der Waals surface area contributed by atoms with Crippen LogP contribution in [0, 0.1) is 0 Å². The first-order valence-corrected chi connectivity index (χ1v) is 4.63. The Morgan fingerprint density at radius 1 is 1.27 bits per heavy atom. The summed E-state index contributed by atoms with van der Waals surface area (Å²) in [7, 11) is 0. The number of aromatic nitrogens is 2. The molecule has 15 heavy (non-hydrogen) atoms. The molecule has 1 aromatic carbocycles. The Kier molecular flexibility index (Phi) is 3.88. The smallest absolute Gasteiger partial charge is 0.123 e. The van der Waals surface area contributed by atoms with Gasteiger partial charge in [0.15, 0.2) is 0 Å². The number of hydrogen-bond donors (Lipinski definition) is 2.